The lowest BCUT2D eigenvalue weighted by Gasteiger charge is -2.12. The predicted molar refractivity (Wildman–Crippen MR) is 103 cm³/mol. The Kier molecular flexibility index (Phi) is 4.70. The van der Waals surface area contributed by atoms with Gasteiger partial charge in [-0.05, 0) is 36.4 Å². The Hall–Kier alpha value is -3.39. The van der Waals surface area contributed by atoms with Gasteiger partial charge in [0.25, 0.3) is 11.8 Å². The maximum atomic E-state index is 13.0. The van der Waals surface area contributed by atoms with Crippen LogP contribution in [0.1, 0.15) is 27.1 Å². The number of nitrogens with one attached hydrogen (secondary N) is 1. The highest BCUT2D eigenvalue weighted by Gasteiger charge is 2.34. The number of carbonyl (C=O) groups excluding carboxylic acids is 3. The van der Waals surface area contributed by atoms with Gasteiger partial charge >= 0.3 is 0 Å². The summed E-state index contributed by atoms with van der Waals surface area (Å²) < 4.78 is 13.0. The van der Waals surface area contributed by atoms with Crippen LogP contribution in [0.5, 0.6) is 0 Å². The molecule has 1 aliphatic heterocycles. The van der Waals surface area contributed by atoms with Crippen LogP contribution in [0.4, 0.5) is 9.52 Å². The summed E-state index contributed by atoms with van der Waals surface area (Å²) >= 11 is 1.24. The Morgan fingerprint density at radius 2 is 1.68 bits per heavy atom. The van der Waals surface area contributed by atoms with Crippen LogP contribution >= 0.6 is 11.3 Å². The first-order valence-corrected chi connectivity index (χ1v) is 9.37. The van der Waals surface area contributed by atoms with Crippen molar-refractivity contribution in [3.63, 3.8) is 0 Å². The number of thiazole rings is 1. The topological polar surface area (TPSA) is 79.4 Å². The Bertz CT molecular complexity index is 1040. The van der Waals surface area contributed by atoms with Crippen LogP contribution in [0.2, 0.25) is 0 Å². The van der Waals surface area contributed by atoms with E-state index in [1.807, 2.05) is 0 Å². The van der Waals surface area contributed by atoms with Crippen molar-refractivity contribution in [2.24, 2.45) is 0 Å². The fourth-order valence-corrected chi connectivity index (χ4v) is 3.66. The lowest BCUT2D eigenvalue weighted by atomic mass is 10.1. The number of nitrogens with zero attached hydrogens (tertiary/aromatic N) is 2. The monoisotopic (exact) mass is 395 g/mol. The third-order valence-electron chi connectivity index (χ3n) is 4.33. The second-order valence-corrected chi connectivity index (χ2v) is 7.01. The second kappa shape index (κ2) is 7.32. The van der Waals surface area contributed by atoms with Gasteiger partial charge in [0.15, 0.2) is 5.13 Å². The highest BCUT2D eigenvalue weighted by atomic mass is 32.1. The highest BCUT2D eigenvalue weighted by molar-refractivity contribution is 7.14. The molecule has 6 nitrogen and oxygen atoms in total. The molecule has 1 aliphatic rings. The minimum absolute atomic E-state index is 0.00558. The van der Waals surface area contributed by atoms with Gasteiger partial charge < -0.3 is 5.32 Å². The number of hydrogen-bond acceptors (Lipinski definition) is 5. The molecular weight excluding hydrogens is 381 g/mol. The summed E-state index contributed by atoms with van der Waals surface area (Å²) in [5.74, 6) is -1.46. The molecule has 0 atom stereocenters. The SMILES string of the molecule is O=C(CCN1C(=O)c2ccccc2C1=O)Nc1nc(-c2ccc(F)cc2)cs1. The van der Waals surface area contributed by atoms with Gasteiger partial charge in [0.1, 0.15) is 5.82 Å². The van der Waals surface area contributed by atoms with Crippen molar-refractivity contribution in [1.82, 2.24) is 9.88 Å². The lowest BCUT2D eigenvalue weighted by molar-refractivity contribution is -0.116. The molecule has 2 aromatic carbocycles. The molecule has 0 saturated heterocycles. The number of rotatable bonds is 5. The van der Waals surface area contributed by atoms with Gasteiger partial charge in [-0.25, -0.2) is 9.37 Å². The molecule has 0 unspecified atom stereocenters. The summed E-state index contributed by atoms with van der Waals surface area (Å²) in [6.45, 7) is -0.00558. The summed E-state index contributed by atoms with van der Waals surface area (Å²) in [6, 6.07) is 12.5. The van der Waals surface area contributed by atoms with E-state index in [0.717, 1.165) is 10.5 Å². The van der Waals surface area contributed by atoms with Crippen molar-refractivity contribution in [2.75, 3.05) is 11.9 Å². The largest absolute Gasteiger partial charge is 0.302 e. The number of carbonyl (C=O) groups is 3. The van der Waals surface area contributed by atoms with Crippen molar-refractivity contribution in [3.05, 3.63) is 70.9 Å². The summed E-state index contributed by atoms with van der Waals surface area (Å²) in [5.41, 5.74) is 2.08. The second-order valence-electron chi connectivity index (χ2n) is 6.15. The van der Waals surface area contributed by atoms with E-state index in [-0.39, 0.29) is 36.5 Å². The molecule has 0 spiro atoms. The maximum absolute atomic E-state index is 13.0. The van der Waals surface area contributed by atoms with Gasteiger partial charge in [0.2, 0.25) is 5.91 Å². The van der Waals surface area contributed by atoms with Crippen molar-refractivity contribution >= 4 is 34.2 Å². The molecule has 3 amide bonds. The molecule has 2 heterocycles. The minimum Gasteiger partial charge on any atom is -0.302 e. The summed E-state index contributed by atoms with van der Waals surface area (Å²) in [5, 5.41) is 4.82. The van der Waals surface area contributed by atoms with Crippen LogP contribution in [-0.4, -0.2) is 34.2 Å². The first-order valence-electron chi connectivity index (χ1n) is 8.49. The van der Waals surface area contributed by atoms with E-state index < -0.39 is 0 Å². The summed E-state index contributed by atoms with van der Waals surface area (Å²) in [4.78, 5) is 42.2. The van der Waals surface area contributed by atoms with Crippen LogP contribution in [-0.2, 0) is 4.79 Å². The van der Waals surface area contributed by atoms with Crippen molar-refractivity contribution in [2.45, 2.75) is 6.42 Å². The van der Waals surface area contributed by atoms with Gasteiger partial charge in [-0.1, -0.05) is 12.1 Å². The zero-order chi connectivity index (χ0) is 19.7. The zero-order valence-electron chi connectivity index (χ0n) is 14.5. The number of aromatic nitrogens is 1. The minimum atomic E-state index is -0.388. The number of halogens is 1. The lowest BCUT2D eigenvalue weighted by Crippen LogP contribution is -2.32. The fraction of sp³-hybridized carbons (Fsp3) is 0.100. The third-order valence-corrected chi connectivity index (χ3v) is 5.09. The summed E-state index contributed by atoms with van der Waals surface area (Å²) in [6.07, 6.45) is -0.0308. The molecule has 0 bridgehead atoms. The van der Waals surface area contributed by atoms with Crippen LogP contribution in [0, 0.1) is 5.82 Å². The first-order chi connectivity index (χ1) is 13.5. The van der Waals surface area contributed by atoms with Crippen molar-refractivity contribution in [1.29, 1.82) is 0 Å². The molecule has 3 aromatic rings. The number of imide groups is 1. The van der Waals surface area contributed by atoms with Crippen molar-refractivity contribution in [3.8, 4) is 11.3 Å². The van der Waals surface area contributed by atoms with E-state index in [0.29, 0.717) is 22.0 Å². The van der Waals surface area contributed by atoms with E-state index >= 15 is 0 Å². The van der Waals surface area contributed by atoms with Gasteiger partial charge in [-0.2, -0.15) is 0 Å². The number of benzene rings is 2. The average molecular weight is 395 g/mol. The van der Waals surface area contributed by atoms with Gasteiger partial charge in [-0.15, -0.1) is 11.3 Å². The Morgan fingerprint density at radius 1 is 1.04 bits per heavy atom. The molecule has 0 fully saturated rings. The molecule has 8 heteroatoms. The predicted octanol–water partition coefficient (Wildman–Crippen LogP) is 3.57. The number of hydrogen-bond donors (Lipinski definition) is 1. The Labute approximate surface area is 163 Å². The normalized spacial score (nSPS) is 13.0. The smallest absolute Gasteiger partial charge is 0.261 e. The molecule has 1 aromatic heterocycles. The Balaban J connectivity index is 1.36. The van der Waals surface area contributed by atoms with E-state index in [1.165, 1.54) is 23.5 Å². The highest BCUT2D eigenvalue weighted by Crippen LogP contribution is 2.26. The number of anilines is 1. The average Bonchev–Trinajstić information content (AvgIpc) is 3.25. The van der Waals surface area contributed by atoms with E-state index in [4.69, 9.17) is 0 Å². The van der Waals surface area contributed by atoms with Crippen LogP contribution in [0.15, 0.2) is 53.9 Å². The fourth-order valence-electron chi connectivity index (χ4n) is 2.92. The quantitative estimate of drug-likeness (QED) is 0.670. The number of fused-ring (bicyclic) bond motifs is 1. The third kappa shape index (κ3) is 3.41. The van der Waals surface area contributed by atoms with Gasteiger partial charge in [0, 0.05) is 23.9 Å². The Morgan fingerprint density at radius 3 is 2.32 bits per heavy atom. The molecular formula is C20H14FN3O3S. The zero-order valence-corrected chi connectivity index (χ0v) is 15.3. The molecule has 4 rings (SSSR count). The molecule has 0 aliphatic carbocycles. The molecule has 0 radical (unpaired) electrons. The molecule has 1 N–H and O–H groups in total. The molecule has 28 heavy (non-hydrogen) atoms. The molecule has 140 valence electrons. The molecule has 0 saturated carbocycles. The van der Waals surface area contributed by atoms with Gasteiger partial charge in [0.05, 0.1) is 16.8 Å². The van der Waals surface area contributed by atoms with Gasteiger partial charge in [-0.3, -0.25) is 19.3 Å². The van der Waals surface area contributed by atoms with Crippen LogP contribution in [0.3, 0.4) is 0 Å². The summed E-state index contributed by atoms with van der Waals surface area (Å²) in [7, 11) is 0. The van der Waals surface area contributed by atoms with E-state index in [1.54, 1.807) is 41.8 Å². The van der Waals surface area contributed by atoms with Crippen LogP contribution in [0.25, 0.3) is 11.3 Å². The van der Waals surface area contributed by atoms with Crippen molar-refractivity contribution < 1.29 is 18.8 Å². The standard InChI is InChI=1S/C20H14FN3O3S/c21-13-7-5-12(6-8-13)16-11-28-20(22-16)23-17(25)9-10-24-18(26)14-3-1-2-4-15(14)19(24)27/h1-8,11H,9-10H2,(H,22,23,25). The van der Waals surface area contributed by atoms with E-state index in [9.17, 15) is 18.8 Å². The van der Waals surface area contributed by atoms with Crippen LogP contribution < -0.4 is 5.32 Å². The first kappa shape index (κ1) is 18.0. The van der Waals surface area contributed by atoms with E-state index in [2.05, 4.69) is 10.3 Å². The number of amides is 3. The maximum Gasteiger partial charge on any atom is 0.261 e.